The van der Waals surface area contributed by atoms with Gasteiger partial charge in [-0.15, -0.1) is 16.4 Å². The van der Waals surface area contributed by atoms with Gasteiger partial charge in [0.05, 0.1) is 9.80 Å². The van der Waals surface area contributed by atoms with E-state index in [1.165, 1.54) is 47.4 Å². The first-order valence-electron chi connectivity index (χ1n) is 9.52. The molecule has 0 unspecified atom stereocenters. The molecule has 30 heavy (non-hydrogen) atoms. The van der Waals surface area contributed by atoms with Crippen molar-refractivity contribution in [3.63, 3.8) is 0 Å². The van der Waals surface area contributed by atoms with Crippen LogP contribution in [0.3, 0.4) is 0 Å². The van der Waals surface area contributed by atoms with E-state index in [2.05, 4.69) is 27.6 Å². The van der Waals surface area contributed by atoms with Crippen LogP contribution in [-0.4, -0.2) is 21.0 Å². The number of carbonyl (C=O) groups is 1. The summed E-state index contributed by atoms with van der Waals surface area (Å²) < 4.78 is 6.42. The van der Waals surface area contributed by atoms with E-state index < -0.39 is 10.8 Å². The number of hydrogen-bond acceptors (Lipinski definition) is 7. The van der Waals surface area contributed by atoms with Crippen molar-refractivity contribution in [2.75, 3.05) is 5.32 Å². The first-order valence-corrected chi connectivity index (χ1v) is 10.3. The van der Waals surface area contributed by atoms with E-state index in [4.69, 9.17) is 4.42 Å². The maximum absolute atomic E-state index is 12.6. The highest BCUT2D eigenvalue weighted by molar-refractivity contribution is 7.20. The zero-order chi connectivity index (χ0) is 20.7. The number of hydrogen-bond donors (Lipinski definition) is 1. The Labute approximate surface area is 174 Å². The number of thiophene rings is 1. The number of anilines is 1. The Morgan fingerprint density at radius 3 is 2.73 bits per heavy atom. The molecule has 0 bridgehead atoms. The topological polar surface area (TPSA) is 111 Å². The SMILES string of the molecule is O=C(Nc1nnc(-c2ccc3c(c2)CCCC3)o1)c1cc2cc([N+](=O)[O-])ccc2s1. The van der Waals surface area contributed by atoms with Crippen LogP contribution in [0.1, 0.15) is 33.6 Å². The lowest BCUT2D eigenvalue weighted by atomic mass is 9.90. The summed E-state index contributed by atoms with van der Waals surface area (Å²) in [7, 11) is 0. The molecule has 0 aliphatic heterocycles. The molecule has 5 rings (SSSR count). The Bertz CT molecular complexity index is 1290. The lowest BCUT2D eigenvalue weighted by molar-refractivity contribution is -0.384. The molecule has 2 aromatic heterocycles. The van der Waals surface area contributed by atoms with Gasteiger partial charge in [0.2, 0.25) is 5.89 Å². The van der Waals surface area contributed by atoms with E-state index in [1.54, 1.807) is 12.1 Å². The number of nitrogens with zero attached hydrogens (tertiary/aromatic N) is 3. The Hall–Kier alpha value is -3.59. The Morgan fingerprint density at radius 1 is 1.07 bits per heavy atom. The number of non-ortho nitro benzene ring substituents is 1. The molecule has 9 heteroatoms. The average molecular weight is 420 g/mol. The number of nitrogens with one attached hydrogen (secondary N) is 1. The molecular weight excluding hydrogens is 404 g/mol. The van der Waals surface area contributed by atoms with Gasteiger partial charge in [-0.25, -0.2) is 0 Å². The van der Waals surface area contributed by atoms with Crippen LogP contribution in [0.25, 0.3) is 21.5 Å². The molecule has 1 N–H and O–H groups in total. The van der Waals surface area contributed by atoms with Crippen molar-refractivity contribution < 1.29 is 14.1 Å². The van der Waals surface area contributed by atoms with Crippen LogP contribution in [0.2, 0.25) is 0 Å². The van der Waals surface area contributed by atoms with Crippen molar-refractivity contribution in [2.45, 2.75) is 25.7 Å². The predicted molar refractivity (Wildman–Crippen MR) is 113 cm³/mol. The number of benzene rings is 2. The van der Waals surface area contributed by atoms with Gasteiger partial charge in [-0.05, 0) is 61.1 Å². The van der Waals surface area contributed by atoms with E-state index in [-0.39, 0.29) is 11.7 Å². The zero-order valence-electron chi connectivity index (χ0n) is 15.8. The van der Waals surface area contributed by atoms with Crippen LogP contribution in [0.15, 0.2) is 46.9 Å². The van der Waals surface area contributed by atoms with Crippen molar-refractivity contribution in [1.29, 1.82) is 0 Å². The van der Waals surface area contributed by atoms with Gasteiger partial charge in [0, 0.05) is 27.8 Å². The van der Waals surface area contributed by atoms with Gasteiger partial charge in [0.25, 0.3) is 11.6 Å². The Kier molecular flexibility index (Phi) is 4.51. The zero-order valence-corrected chi connectivity index (χ0v) is 16.6. The first-order chi connectivity index (χ1) is 14.6. The molecule has 0 radical (unpaired) electrons. The van der Waals surface area contributed by atoms with Crippen LogP contribution in [0.4, 0.5) is 11.7 Å². The highest BCUT2D eigenvalue weighted by Crippen LogP contribution is 2.30. The summed E-state index contributed by atoms with van der Waals surface area (Å²) in [5.74, 6) is -0.0508. The van der Waals surface area contributed by atoms with Gasteiger partial charge in [0.15, 0.2) is 0 Å². The molecule has 2 heterocycles. The van der Waals surface area contributed by atoms with Crippen molar-refractivity contribution in [3.05, 3.63) is 68.6 Å². The van der Waals surface area contributed by atoms with Crippen molar-refractivity contribution in [1.82, 2.24) is 10.2 Å². The largest absolute Gasteiger partial charge is 0.403 e. The lowest BCUT2D eigenvalue weighted by Crippen LogP contribution is -2.10. The van der Waals surface area contributed by atoms with Gasteiger partial charge in [-0.3, -0.25) is 20.2 Å². The summed E-state index contributed by atoms with van der Waals surface area (Å²) in [5.41, 5.74) is 3.49. The summed E-state index contributed by atoms with van der Waals surface area (Å²) >= 11 is 1.24. The number of amides is 1. The van der Waals surface area contributed by atoms with Crippen LogP contribution >= 0.6 is 11.3 Å². The van der Waals surface area contributed by atoms with Gasteiger partial charge < -0.3 is 4.42 Å². The number of nitro groups is 1. The highest BCUT2D eigenvalue weighted by atomic mass is 32.1. The van der Waals surface area contributed by atoms with Crippen LogP contribution in [0.5, 0.6) is 0 Å². The fraction of sp³-hybridized carbons (Fsp3) is 0.190. The van der Waals surface area contributed by atoms with Crippen molar-refractivity contribution >= 4 is 39.0 Å². The molecule has 0 spiro atoms. The second kappa shape index (κ2) is 7.34. The van der Waals surface area contributed by atoms with E-state index in [0.717, 1.165) is 23.1 Å². The summed E-state index contributed by atoms with van der Waals surface area (Å²) in [5, 5.41) is 22.2. The Balaban J connectivity index is 1.35. The van der Waals surface area contributed by atoms with Crippen LogP contribution < -0.4 is 5.32 Å². The van der Waals surface area contributed by atoms with E-state index in [0.29, 0.717) is 16.2 Å². The van der Waals surface area contributed by atoms with Crippen LogP contribution in [-0.2, 0) is 12.8 Å². The van der Waals surface area contributed by atoms with E-state index in [1.807, 2.05) is 6.07 Å². The molecule has 0 saturated carbocycles. The number of carbonyl (C=O) groups excluding carboxylic acids is 1. The predicted octanol–water partition coefficient (Wildman–Crippen LogP) is 4.99. The molecule has 4 aromatic rings. The number of nitro benzene ring substituents is 1. The summed E-state index contributed by atoms with van der Waals surface area (Å²) in [6.07, 6.45) is 4.54. The highest BCUT2D eigenvalue weighted by Gasteiger charge is 2.17. The standard InChI is InChI=1S/C21H16N4O4S/c26-19(18-11-15-10-16(25(27)28)7-8-17(15)30-18)22-21-24-23-20(29-21)14-6-5-12-3-1-2-4-13(12)9-14/h5-11H,1-4H2,(H,22,24,26). The third-order valence-electron chi connectivity index (χ3n) is 5.18. The molecule has 1 aliphatic carbocycles. The molecule has 1 amide bonds. The second-order valence-electron chi connectivity index (χ2n) is 7.15. The smallest absolute Gasteiger partial charge is 0.322 e. The summed E-state index contributed by atoms with van der Waals surface area (Å²) in [4.78, 5) is 23.4. The fourth-order valence-corrected chi connectivity index (χ4v) is 4.61. The molecule has 0 atom stereocenters. The monoisotopic (exact) mass is 420 g/mol. The molecule has 150 valence electrons. The Morgan fingerprint density at radius 2 is 1.90 bits per heavy atom. The maximum atomic E-state index is 12.6. The number of fused-ring (bicyclic) bond motifs is 2. The second-order valence-corrected chi connectivity index (χ2v) is 8.23. The van der Waals surface area contributed by atoms with Crippen molar-refractivity contribution in [3.8, 4) is 11.5 Å². The average Bonchev–Trinajstić information content (AvgIpc) is 3.39. The summed E-state index contributed by atoms with van der Waals surface area (Å²) in [6.45, 7) is 0. The molecule has 2 aromatic carbocycles. The fourth-order valence-electron chi connectivity index (χ4n) is 3.67. The number of aryl methyl sites for hydroxylation is 2. The minimum atomic E-state index is -0.461. The molecule has 0 saturated heterocycles. The quantitative estimate of drug-likeness (QED) is 0.368. The normalized spacial score (nSPS) is 13.2. The maximum Gasteiger partial charge on any atom is 0.322 e. The minimum absolute atomic E-state index is 0.0103. The van der Waals surface area contributed by atoms with Gasteiger partial charge in [0.1, 0.15) is 0 Å². The summed E-state index contributed by atoms with van der Waals surface area (Å²) in [6, 6.07) is 12.3. The third-order valence-corrected chi connectivity index (χ3v) is 6.29. The molecule has 0 fully saturated rings. The molecular formula is C21H16N4O4S. The van der Waals surface area contributed by atoms with Gasteiger partial charge >= 0.3 is 6.01 Å². The van der Waals surface area contributed by atoms with Gasteiger partial charge in [-0.2, -0.15) is 0 Å². The number of aromatic nitrogens is 2. The molecule has 8 nitrogen and oxygen atoms in total. The number of rotatable bonds is 4. The van der Waals surface area contributed by atoms with Crippen LogP contribution in [0, 0.1) is 10.1 Å². The van der Waals surface area contributed by atoms with Gasteiger partial charge in [-0.1, -0.05) is 11.2 Å². The first kappa shape index (κ1) is 18.4. The lowest BCUT2D eigenvalue weighted by Gasteiger charge is -2.15. The molecule has 1 aliphatic rings. The third kappa shape index (κ3) is 3.43. The van der Waals surface area contributed by atoms with E-state index >= 15 is 0 Å². The van der Waals surface area contributed by atoms with Crippen molar-refractivity contribution in [2.24, 2.45) is 0 Å². The van der Waals surface area contributed by atoms with E-state index in [9.17, 15) is 14.9 Å². The minimum Gasteiger partial charge on any atom is -0.403 e.